The van der Waals surface area contributed by atoms with Gasteiger partial charge in [-0.05, 0) is 58.5 Å². The maximum absolute atomic E-state index is 5.74. The second-order valence-electron chi connectivity index (χ2n) is 9.26. The number of hydrogen-bond donors (Lipinski definition) is 0. The number of furan rings is 1. The molecule has 3 nitrogen and oxygen atoms in total. The van der Waals surface area contributed by atoms with Crippen molar-refractivity contribution in [3.8, 4) is 11.3 Å². The van der Waals surface area contributed by atoms with Gasteiger partial charge >= 0.3 is 0 Å². The summed E-state index contributed by atoms with van der Waals surface area (Å²) in [5.41, 5.74) is 5.56. The monoisotopic (exact) mass is 422 g/mol. The summed E-state index contributed by atoms with van der Waals surface area (Å²) in [6.45, 7) is 8.90. The highest BCUT2D eigenvalue weighted by Gasteiger charge is 2.21. The summed E-state index contributed by atoms with van der Waals surface area (Å²) >= 11 is 1.70. The first-order valence-corrected chi connectivity index (χ1v) is 11.3. The lowest BCUT2D eigenvalue weighted by Crippen LogP contribution is -2.12. The van der Waals surface area contributed by atoms with Crippen molar-refractivity contribution >= 4 is 53.4 Å². The fourth-order valence-electron chi connectivity index (χ4n) is 4.54. The molecule has 0 aliphatic rings. The minimum Gasteiger partial charge on any atom is -0.464 e. The lowest BCUT2D eigenvalue weighted by Gasteiger charge is -2.22. The van der Waals surface area contributed by atoms with E-state index in [1.165, 1.54) is 26.4 Å². The predicted octanol–water partition coefficient (Wildman–Crippen LogP) is 8.02. The molecule has 0 amide bonds. The summed E-state index contributed by atoms with van der Waals surface area (Å²) in [7, 11) is 0. The van der Waals surface area contributed by atoms with Crippen molar-refractivity contribution in [2.75, 3.05) is 0 Å². The van der Waals surface area contributed by atoms with E-state index >= 15 is 0 Å². The van der Waals surface area contributed by atoms with Gasteiger partial charge in [0.15, 0.2) is 0 Å². The van der Waals surface area contributed by atoms with Crippen LogP contribution in [0.3, 0.4) is 0 Å². The van der Waals surface area contributed by atoms with Crippen LogP contribution in [0.5, 0.6) is 0 Å². The number of hydrogen-bond acceptors (Lipinski definition) is 4. The molecule has 3 heterocycles. The molecular weight excluding hydrogens is 400 g/mol. The Bertz CT molecular complexity index is 1630. The van der Waals surface area contributed by atoms with Gasteiger partial charge in [-0.25, -0.2) is 9.97 Å². The standard InChI is InChI=1S/C27H22N2OS/c1-15-13-30-22-12-23-20(11-19(15)22)24-25(28-14-29-26(24)31-23)17-9-16-7-5-6-8-18(16)21(10-17)27(2,3)4/h5-14H,1-4H3. The lowest BCUT2D eigenvalue weighted by molar-refractivity contribution is 0.596. The predicted molar refractivity (Wildman–Crippen MR) is 131 cm³/mol. The van der Waals surface area contributed by atoms with Gasteiger partial charge in [0.05, 0.1) is 12.0 Å². The topological polar surface area (TPSA) is 38.9 Å². The fraction of sp³-hybridized carbons (Fsp3) is 0.185. The summed E-state index contributed by atoms with van der Waals surface area (Å²) in [5, 5.41) is 6.01. The fourth-order valence-corrected chi connectivity index (χ4v) is 5.60. The molecule has 0 aliphatic carbocycles. The first-order valence-electron chi connectivity index (χ1n) is 10.5. The van der Waals surface area contributed by atoms with Crippen LogP contribution >= 0.6 is 11.3 Å². The van der Waals surface area contributed by atoms with Gasteiger partial charge < -0.3 is 4.42 Å². The quantitative estimate of drug-likeness (QED) is 0.269. The van der Waals surface area contributed by atoms with Crippen LogP contribution in [0, 0.1) is 6.92 Å². The molecule has 0 radical (unpaired) electrons. The van der Waals surface area contributed by atoms with Gasteiger partial charge in [-0.15, -0.1) is 11.3 Å². The molecule has 0 unspecified atom stereocenters. The number of aromatic nitrogens is 2. The second-order valence-corrected chi connectivity index (χ2v) is 10.3. The van der Waals surface area contributed by atoms with Crippen LogP contribution in [0.4, 0.5) is 0 Å². The number of benzene rings is 3. The number of aryl methyl sites for hydroxylation is 1. The average Bonchev–Trinajstić information content (AvgIpc) is 3.30. The van der Waals surface area contributed by atoms with E-state index in [-0.39, 0.29) is 5.41 Å². The first kappa shape index (κ1) is 18.5. The Morgan fingerprint density at radius 2 is 1.74 bits per heavy atom. The number of fused-ring (bicyclic) bond motifs is 5. The van der Waals surface area contributed by atoms with Gasteiger partial charge in [-0.2, -0.15) is 0 Å². The third kappa shape index (κ3) is 2.78. The van der Waals surface area contributed by atoms with E-state index < -0.39 is 0 Å². The maximum atomic E-state index is 5.74. The molecule has 0 saturated carbocycles. The van der Waals surface area contributed by atoms with E-state index in [9.17, 15) is 0 Å². The minimum atomic E-state index is 0.0263. The van der Waals surface area contributed by atoms with Crippen molar-refractivity contribution < 1.29 is 4.42 Å². The highest BCUT2D eigenvalue weighted by atomic mass is 32.1. The van der Waals surface area contributed by atoms with E-state index in [4.69, 9.17) is 9.40 Å². The molecule has 0 bridgehead atoms. The van der Waals surface area contributed by atoms with Gasteiger partial charge in [0, 0.05) is 26.4 Å². The third-order valence-electron chi connectivity index (χ3n) is 6.10. The van der Waals surface area contributed by atoms with Gasteiger partial charge in [-0.1, -0.05) is 45.0 Å². The molecule has 152 valence electrons. The van der Waals surface area contributed by atoms with E-state index in [0.29, 0.717) is 0 Å². The SMILES string of the molecule is Cc1coc2cc3sc4ncnc(-c5cc(C(C)(C)C)c6ccccc6c5)c4c3cc12. The zero-order valence-corrected chi connectivity index (χ0v) is 18.8. The van der Waals surface area contributed by atoms with E-state index in [2.05, 4.69) is 81.2 Å². The van der Waals surface area contributed by atoms with Crippen molar-refractivity contribution in [3.63, 3.8) is 0 Å². The average molecular weight is 423 g/mol. The minimum absolute atomic E-state index is 0.0263. The summed E-state index contributed by atoms with van der Waals surface area (Å²) in [6, 6.07) is 17.6. The molecule has 4 heteroatoms. The summed E-state index contributed by atoms with van der Waals surface area (Å²) in [6.07, 6.45) is 3.51. The number of thiophene rings is 1. The third-order valence-corrected chi connectivity index (χ3v) is 7.16. The van der Waals surface area contributed by atoms with Crippen LogP contribution in [-0.2, 0) is 5.41 Å². The Morgan fingerprint density at radius 3 is 2.58 bits per heavy atom. The highest BCUT2D eigenvalue weighted by molar-refractivity contribution is 7.25. The van der Waals surface area contributed by atoms with Crippen molar-refractivity contribution in [2.45, 2.75) is 33.1 Å². The Morgan fingerprint density at radius 1 is 0.903 bits per heavy atom. The van der Waals surface area contributed by atoms with Gasteiger partial charge in [0.2, 0.25) is 0 Å². The van der Waals surface area contributed by atoms with Crippen LogP contribution in [0.25, 0.3) is 53.3 Å². The molecular formula is C27H22N2OS. The van der Waals surface area contributed by atoms with Crippen LogP contribution in [0.15, 0.2) is 65.5 Å². The molecule has 3 aromatic carbocycles. The Balaban J connectivity index is 1.72. The molecule has 0 saturated heterocycles. The van der Waals surface area contributed by atoms with Crippen LogP contribution in [-0.4, -0.2) is 9.97 Å². The van der Waals surface area contributed by atoms with Crippen LogP contribution in [0.2, 0.25) is 0 Å². The van der Waals surface area contributed by atoms with E-state index in [0.717, 1.165) is 38.0 Å². The zero-order valence-electron chi connectivity index (χ0n) is 18.0. The molecule has 0 fully saturated rings. The molecule has 0 aliphatic heterocycles. The Hall–Kier alpha value is -3.24. The van der Waals surface area contributed by atoms with Crippen LogP contribution in [0.1, 0.15) is 31.9 Å². The molecule has 6 aromatic rings. The van der Waals surface area contributed by atoms with Crippen molar-refractivity contribution in [3.05, 3.63) is 72.2 Å². The Kier molecular flexibility index (Phi) is 3.81. The summed E-state index contributed by atoms with van der Waals surface area (Å²) in [4.78, 5) is 10.4. The number of rotatable bonds is 1. The summed E-state index contributed by atoms with van der Waals surface area (Å²) in [5.74, 6) is 0. The van der Waals surface area contributed by atoms with Crippen molar-refractivity contribution in [1.82, 2.24) is 9.97 Å². The van der Waals surface area contributed by atoms with Crippen LogP contribution < -0.4 is 0 Å². The zero-order chi connectivity index (χ0) is 21.3. The molecule has 0 atom stereocenters. The number of nitrogens with zero attached hydrogens (tertiary/aromatic N) is 2. The molecule has 3 aromatic heterocycles. The molecule has 6 rings (SSSR count). The maximum Gasteiger partial charge on any atom is 0.135 e. The summed E-state index contributed by atoms with van der Waals surface area (Å²) < 4.78 is 6.92. The highest BCUT2D eigenvalue weighted by Crippen LogP contribution is 2.42. The lowest BCUT2D eigenvalue weighted by atomic mass is 9.82. The molecule has 0 N–H and O–H groups in total. The molecule has 31 heavy (non-hydrogen) atoms. The van der Waals surface area contributed by atoms with Crippen molar-refractivity contribution in [2.24, 2.45) is 0 Å². The Labute approximate surface area is 184 Å². The van der Waals surface area contributed by atoms with E-state index in [1.807, 2.05) is 6.26 Å². The van der Waals surface area contributed by atoms with Gasteiger partial charge in [-0.3, -0.25) is 0 Å². The molecule has 0 spiro atoms. The van der Waals surface area contributed by atoms with Crippen molar-refractivity contribution in [1.29, 1.82) is 0 Å². The smallest absolute Gasteiger partial charge is 0.135 e. The van der Waals surface area contributed by atoms with Gasteiger partial charge in [0.1, 0.15) is 16.7 Å². The largest absolute Gasteiger partial charge is 0.464 e. The van der Waals surface area contributed by atoms with Gasteiger partial charge in [0.25, 0.3) is 0 Å². The first-order chi connectivity index (χ1) is 14.9. The second kappa shape index (κ2) is 6.38. The van der Waals surface area contributed by atoms with E-state index in [1.54, 1.807) is 17.7 Å². The normalized spacial score (nSPS) is 12.5.